The average molecular weight is 479 g/mol. The van der Waals surface area contributed by atoms with Gasteiger partial charge >= 0.3 is 37.3 Å². The summed E-state index contributed by atoms with van der Waals surface area (Å²) in [5, 5.41) is 3.85. The molecule has 0 N–H and O–H groups in total. The molecule has 0 aromatic carbocycles. The molecule has 1 aliphatic carbocycles. The Hall–Kier alpha value is -0.798. The molecule has 3 nitrogen and oxygen atoms in total. The van der Waals surface area contributed by atoms with Crippen LogP contribution in [0.1, 0.15) is 12.0 Å². The minimum Gasteiger partial charge on any atom is -0.376 e. The molecule has 1 heterocycles. The molecule has 2 rings (SSSR count). The number of hydrogen-bond donors (Lipinski definition) is 0. The Morgan fingerprint density at radius 2 is 2.17 bits per heavy atom. The van der Waals surface area contributed by atoms with E-state index >= 15 is 0 Å². The summed E-state index contributed by atoms with van der Waals surface area (Å²) in [5.74, 6) is -1.45. The molecule has 92 valence electrons. The first-order chi connectivity index (χ1) is 8.00. The Bertz CT molecular complexity index is 491. The summed E-state index contributed by atoms with van der Waals surface area (Å²) in [6, 6.07) is 0. The molecular formula is C11H8F3N2OU+. The van der Waals surface area contributed by atoms with Gasteiger partial charge < -0.3 is 9.48 Å². The van der Waals surface area contributed by atoms with Gasteiger partial charge in [0.1, 0.15) is 0 Å². The van der Waals surface area contributed by atoms with E-state index in [4.69, 9.17) is 0 Å². The van der Waals surface area contributed by atoms with E-state index in [1.807, 2.05) is 0 Å². The summed E-state index contributed by atoms with van der Waals surface area (Å²) >= 11 is 0. The standard InChI is InChI=1S/C11H8F3N2O.U/c12-11(13,14)9-1-3-10(4-2-9)16-6-8(7-17)5-15-16;/h1,3-6,9H,2H2;/q-1;+2. The molecule has 7 heteroatoms. The van der Waals surface area contributed by atoms with Crippen molar-refractivity contribution in [2.75, 3.05) is 0 Å². The minimum absolute atomic E-state index is 0. The molecule has 1 aromatic rings. The van der Waals surface area contributed by atoms with Crippen molar-refractivity contribution in [3.05, 3.63) is 36.2 Å². The van der Waals surface area contributed by atoms with Crippen LogP contribution in [-0.4, -0.2) is 22.2 Å². The van der Waals surface area contributed by atoms with E-state index in [9.17, 15) is 18.0 Å². The third-order valence-corrected chi connectivity index (χ3v) is 2.47. The Labute approximate surface area is 125 Å². The van der Waals surface area contributed by atoms with Crippen LogP contribution in [0, 0.1) is 37.0 Å². The number of rotatable bonds is 2. The van der Waals surface area contributed by atoms with Gasteiger partial charge in [0.15, 0.2) is 0 Å². The predicted molar refractivity (Wildman–Crippen MR) is 54.6 cm³/mol. The number of carbonyl (C=O) groups excluding carboxylic acids is 1. The maximum atomic E-state index is 12.4. The van der Waals surface area contributed by atoms with Crippen LogP contribution < -0.4 is 0 Å². The minimum atomic E-state index is -4.22. The zero-order valence-electron chi connectivity index (χ0n) is 9.11. The molecule has 0 amide bonds. The van der Waals surface area contributed by atoms with Gasteiger partial charge in [-0.25, -0.2) is 0 Å². The van der Waals surface area contributed by atoms with E-state index in [2.05, 4.69) is 5.10 Å². The Morgan fingerprint density at radius 3 is 2.61 bits per heavy atom. The normalized spacial score (nSPS) is 19.1. The van der Waals surface area contributed by atoms with Crippen molar-refractivity contribution >= 4 is 12.0 Å². The monoisotopic (exact) mass is 479 g/mol. The summed E-state index contributed by atoms with van der Waals surface area (Å²) < 4.78 is 38.5. The average Bonchev–Trinajstić information content (AvgIpc) is 2.76. The Kier molecular flexibility index (Phi) is 5.00. The summed E-state index contributed by atoms with van der Waals surface area (Å²) in [4.78, 5) is 10.3. The quantitative estimate of drug-likeness (QED) is 0.611. The van der Waals surface area contributed by atoms with Gasteiger partial charge in [-0.2, -0.15) is 13.2 Å². The van der Waals surface area contributed by atoms with Gasteiger partial charge in [0.2, 0.25) is 0 Å². The molecule has 0 radical (unpaired) electrons. The van der Waals surface area contributed by atoms with Gasteiger partial charge in [0, 0.05) is 5.70 Å². The molecule has 18 heavy (non-hydrogen) atoms. The van der Waals surface area contributed by atoms with Crippen LogP contribution in [0.3, 0.4) is 0 Å². The zero-order chi connectivity index (χ0) is 12.5. The van der Waals surface area contributed by atoms with E-state index < -0.39 is 12.1 Å². The SMILES string of the molecule is O=[C-]c1cnn(C2=CCC(C(F)(F)F)C=C2)c1.[U+2]. The van der Waals surface area contributed by atoms with Crippen LogP contribution in [0.4, 0.5) is 13.2 Å². The molecule has 0 saturated carbocycles. The number of aromatic nitrogens is 2. The molecule has 0 bridgehead atoms. The van der Waals surface area contributed by atoms with E-state index in [0.717, 1.165) is 6.08 Å². The summed E-state index contributed by atoms with van der Waals surface area (Å²) in [6.07, 6.45) is 3.93. The smallest absolute Gasteiger partial charge is 0.376 e. The van der Waals surface area contributed by atoms with Crippen LogP contribution in [-0.2, 0) is 4.79 Å². The van der Waals surface area contributed by atoms with Gasteiger partial charge in [-0.15, -0.1) is 5.56 Å². The molecule has 0 spiro atoms. The Balaban J connectivity index is 0.00000162. The fourth-order valence-electron chi connectivity index (χ4n) is 1.54. The third-order valence-electron chi connectivity index (χ3n) is 2.47. The molecule has 1 atom stereocenters. The second kappa shape index (κ2) is 5.90. The van der Waals surface area contributed by atoms with Gasteiger partial charge in [-0.3, -0.25) is 5.10 Å². The van der Waals surface area contributed by atoms with Crippen LogP contribution in [0.5, 0.6) is 0 Å². The van der Waals surface area contributed by atoms with Crippen molar-refractivity contribution < 1.29 is 49.1 Å². The number of allylic oxidation sites excluding steroid dienone is 4. The van der Waals surface area contributed by atoms with Crippen molar-refractivity contribution in [2.24, 2.45) is 5.92 Å². The molecule has 0 aliphatic heterocycles. The van der Waals surface area contributed by atoms with Gasteiger partial charge in [-0.05, 0) is 12.5 Å². The van der Waals surface area contributed by atoms with Crippen LogP contribution >= 0.6 is 0 Å². The first-order valence-corrected chi connectivity index (χ1v) is 4.89. The number of nitrogens with zero attached hydrogens (tertiary/aromatic N) is 2. The fraction of sp³-hybridized carbons (Fsp3) is 0.273. The van der Waals surface area contributed by atoms with E-state index in [1.165, 1.54) is 29.2 Å². The van der Waals surface area contributed by atoms with Crippen LogP contribution in [0.2, 0.25) is 0 Å². The topological polar surface area (TPSA) is 34.9 Å². The van der Waals surface area contributed by atoms with Crippen molar-refractivity contribution in [1.82, 2.24) is 9.78 Å². The molecule has 1 aromatic heterocycles. The van der Waals surface area contributed by atoms with E-state index in [1.54, 1.807) is 6.29 Å². The first kappa shape index (κ1) is 15.3. The van der Waals surface area contributed by atoms with Crippen molar-refractivity contribution in [3.63, 3.8) is 0 Å². The van der Waals surface area contributed by atoms with Crippen molar-refractivity contribution in [1.29, 1.82) is 0 Å². The second-order valence-electron chi connectivity index (χ2n) is 3.65. The number of hydrogen-bond acceptors (Lipinski definition) is 2. The molecule has 0 saturated heterocycles. The molecule has 1 aliphatic rings. The molecule has 1 unspecified atom stereocenters. The van der Waals surface area contributed by atoms with Gasteiger partial charge in [-0.1, -0.05) is 24.5 Å². The fourth-order valence-corrected chi connectivity index (χ4v) is 1.54. The van der Waals surface area contributed by atoms with Gasteiger partial charge in [0.05, 0.1) is 12.2 Å². The summed E-state index contributed by atoms with van der Waals surface area (Å²) in [5.41, 5.74) is 0.782. The van der Waals surface area contributed by atoms with E-state index in [-0.39, 0.29) is 43.1 Å². The predicted octanol–water partition coefficient (Wildman–Crippen LogP) is 2.32. The second-order valence-corrected chi connectivity index (χ2v) is 3.65. The first-order valence-electron chi connectivity index (χ1n) is 4.89. The van der Waals surface area contributed by atoms with Gasteiger partial charge in [0.25, 0.3) is 0 Å². The largest absolute Gasteiger partial charge is 2.00 e. The third kappa shape index (κ3) is 3.36. The summed E-state index contributed by atoms with van der Waals surface area (Å²) in [6.45, 7) is 0. The van der Waals surface area contributed by atoms with Crippen molar-refractivity contribution in [3.8, 4) is 0 Å². The van der Waals surface area contributed by atoms with Crippen molar-refractivity contribution in [2.45, 2.75) is 12.6 Å². The van der Waals surface area contributed by atoms with Crippen LogP contribution in [0.25, 0.3) is 5.70 Å². The molecular weight excluding hydrogens is 471 g/mol. The maximum Gasteiger partial charge on any atom is 2.00 e. The van der Waals surface area contributed by atoms with E-state index in [0.29, 0.717) is 5.70 Å². The molecule has 0 fully saturated rings. The van der Waals surface area contributed by atoms with Crippen LogP contribution in [0.15, 0.2) is 30.6 Å². The maximum absolute atomic E-state index is 12.4. The zero-order valence-corrected chi connectivity index (χ0v) is 13.3. The number of alkyl halides is 3. The Morgan fingerprint density at radius 1 is 1.44 bits per heavy atom. The summed E-state index contributed by atoms with van der Waals surface area (Å²) in [7, 11) is 0. The number of halogens is 3.